The average molecular weight is 314 g/mol. The minimum absolute atomic E-state index is 0.710. The summed E-state index contributed by atoms with van der Waals surface area (Å²) in [5, 5.41) is 0. The standard InChI is InChI=1S/C22H35N/c23-22-17-20(18-11-7-3-1-4-8-12-18)15-16-21(22)19-13-9-5-2-6-10-14-19/h15-19H,1-14,23H2. The van der Waals surface area contributed by atoms with Crippen LogP contribution in [0.5, 0.6) is 0 Å². The molecule has 2 saturated carbocycles. The molecule has 2 N–H and O–H groups in total. The monoisotopic (exact) mass is 313 g/mol. The number of hydrogen-bond donors (Lipinski definition) is 1. The molecular formula is C22H35N. The van der Waals surface area contributed by atoms with E-state index in [-0.39, 0.29) is 0 Å². The fourth-order valence-electron chi connectivity index (χ4n) is 4.78. The second-order valence-electron chi connectivity index (χ2n) is 7.97. The summed E-state index contributed by atoms with van der Waals surface area (Å²) in [5.74, 6) is 1.46. The van der Waals surface area contributed by atoms with Gasteiger partial charge < -0.3 is 5.73 Å². The second kappa shape index (κ2) is 8.76. The molecule has 3 rings (SSSR count). The molecule has 1 nitrogen and oxygen atoms in total. The maximum Gasteiger partial charge on any atom is 0.0352 e. The Hall–Kier alpha value is -0.980. The van der Waals surface area contributed by atoms with Crippen molar-refractivity contribution in [1.29, 1.82) is 0 Å². The fourth-order valence-corrected chi connectivity index (χ4v) is 4.78. The quantitative estimate of drug-likeness (QED) is 0.589. The van der Waals surface area contributed by atoms with Crippen LogP contribution in [0.15, 0.2) is 18.2 Å². The van der Waals surface area contributed by atoms with Crippen molar-refractivity contribution in [3.8, 4) is 0 Å². The predicted molar refractivity (Wildman–Crippen MR) is 101 cm³/mol. The van der Waals surface area contributed by atoms with Crippen molar-refractivity contribution >= 4 is 5.69 Å². The van der Waals surface area contributed by atoms with E-state index in [0.29, 0.717) is 5.92 Å². The molecule has 0 amide bonds. The van der Waals surface area contributed by atoms with Gasteiger partial charge in [0.1, 0.15) is 0 Å². The van der Waals surface area contributed by atoms with Crippen molar-refractivity contribution in [2.24, 2.45) is 0 Å². The first-order valence-corrected chi connectivity index (χ1v) is 10.2. The Morgan fingerprint density at radius 1 is 0.609 bits per heavy atom. The van der Waals surface area contributed by atoms with E-state index < -0.39 is 0 Å². The summed E-state index contributed by atoms with van der Waals surface area (Å²) in [6.45, 7) is 0. The summed E-state index contributed by atoms with van der Waals surface area (Å²) in [4.78, 5) is 0. The highest BCUT2D eigenvalue weighted by molar-refractivity contribution is 5.51. The maximum atomic E-state index is 6.52. The predicted octanol–water partition coefficient (Wildman–Crippen LogP) is 6.92. The van der Waals surface area contributed by atoms with Crippen LogP contribution in [0, 0.1) is 0 Å². The van der Waals surface area contributed by atoms with Crippen LogP contribution in [-0.4, -0.2) is 0 Å². The molecule has 0 atom stereocenters. The Morgan fingerprint density at radius 2 is 1.09 bits per heavy atom. The van der Waals surface area contributed by atoms with Gasteiger partial charge in [0.15, 0.2) is 0 Å². The van der Waals surface area contributed by atoms with Crippen LogP contribution in [0.1, 0.15) is 113 Å². The van der Waals surface area contributed by atoms with Gasteiger partial charge in [-0.2, -0.15) is 0 Å². The first-order chi connectivity index (χ1) is 11.3. The molecule has 0 unspecified atom stereocenters. The number of hydrogen-bond acceptors (Lipinski definition) is 1. The number of nitrogens with two attached hydrogens (primary N) is 1. The minimum atomic E-state index is 0.710. The summed E-state index contributed by atoms with van der Waals surface area (Å²) in [6, 6.07) is 7.13. The first-order valence-electron chi connectivity index (χ1n) is 10.2. The van der Waals surface area contributed by atoms with Crippen LogP contribution in [0.4, 0.5) is 5.69 Å². The molecule has 0 aliphatic heterocycles. The topological polar surface area (TPSA) is 26.0 Å². The third-order valence-corrected chi connectivity index (χ3v) is 6.23. The van der Waals surface area contributed by atoms with Gasteiger partial charge in [0.05, 0.1) is 0 Å². The minimum Gasteiger partial charge on any atom is -0.398 e. The van der Waals surface area contributed by atoms with E-state index in [1.54, 1.807) is 0 Å². The van der Waals surface area contributed by atoms with Gasteiger partial charge in [0, 0.05) is 5.69 Å². The van der Waals surface area contributed by atoms with E-state index in [0.717, 1.165) is 11.6 Å². The number of benzene rings is 1. The molecule has 0 spiro atoms. The molecule has 1 aromatic carbocycles. The molecule has 0 aromatic heterocycles. The number of rotatable bonds is 2. The normalized spacial score (nSPS) is 22.8. The van der Waals surface area contributed by atoms with Gasteiger partial charge in [-0.15, -0.1) is 0 Å². The highest BCUT2D eigenvalue weighted by Crippen LogP contribution is 2.37. The Morgan fingerprint density at radius 3 is 1.61 bits per heavy atom. The molecule has 23 heavy (non-hydrogen) atoms. The van der Waals surface area contributed by atoms with Gasteiger partial charge in [0.2, 0.25) is 0 Å². The zero-order chi connectivity index (χ0) is 15.9. The fraction of sp³-hybridized carbons (Fsp3) is 0.727. The lowest BCUT2D eigenvalue weighted by Gasteiger charge is -2.24. The Labute approximate surface area is 143 Å². The van der Waals surface area contributed by atoms with Crippen LogP contribution >= 0.6 is 0 Å². The van der Waals surface area contributed by atoms with Crippen molar-refractivity contribution in [1.82, 2.24) is 0 Å². The van der Waals surface area contributed by atoms with E-state index in [1.807, 2.05) is 0 Å². The number of anilines is 1. The zero-order valence-electron chi connectivity index (χ0n) is 14.9. The third kappa shape index (κ3) is 4.75. The molecule has 2 aliphatic rings. The van der Waals surface area contributed by atoms with Crippen molar-refractivity contribution < 1.29 is 0 Å². The van der Waals surface area contributed by atoms with Gasteiger partial charge >= 0.3 is 0 Å². The lowest BCUT2D eigenvalue weighted by molar-refractivity contribution is 0.452. The van der Waals surface area contributed by atoms with Gasteiger partial charge in [-0.25, -0.2) is 0 Å². The zero-order valence-corrected chi connectivity index (χ0v) is 14.9. The summed E-state index contributed by atoms with van der Waals surface area (Å²) < 4.78 is 0. The SMILES string of the molecule is Nc1cc(C2CCCCCCC2)ccc1C1CCCCCCC1. The molecular weight excluding hydrogens is 278 g/mol. The van der Waals surface area contributed by atoms with Crippen molar-refractivity contribution in [3.05, 3.63) is 29.3 Å². The summed E-state index contributed by atoms with van der Waals surface area (Å²) in [6.07, 6.45) is 19.5. The lowest BCUT2D eigenvalue weighted by atomic mass is 9.82. The van der Waals surface area contributed by atoms with Crippen molar-refractivity contribution in [2.45, 2.75) is 102 Å². The third-order valence-electron chi connectivity index (χ3n) is 6.23. The van der Waals surface area contributed by atoms with Crippen LogP contribution in [0.3, 0.4) is 0 Å². The molecule has 2 aliphatic carbocycles. The van der Waals surface area contributed by atoms with Crippen LogP contribution in [-0.2, 0) is 0 Å². The highest BCUT2D eigenvalue weighted by Gasteiger charge is 2.19. The molecule has 0 bridgehead atoms. The highest BCUT2D eigenvalue weighted by atomic mass is 14.6. The maximum absolute atomic E-state index is 6.52. The van der Waals surface area contributed by atoms with Gasteiger partial charge in [0.25, 0.3) is 0 Å². The van der Waals surface area contributed by atoms with Gasteiger partial charge in [-0.3, -0.25) is 0 Å². The Balaban J connectivity index is 1.71. The van der Waals surface area contributed by atoms with E-state index in [1.165, 1.54) is 101 Å². The van der Waals surface area contributed by atoms with Crippen LogP contribution in [0.2, 0.25) is 0 Å². The summed E-state index contributed by atoms with van der Waals surface area (Å²) in [7, 11) is 0. The molecule has 1 heteroatoms. The van der Waals surface area contributed by atoms with E-state index >= 15 is 0 Å². The second-order valence-corrected chi connectivity index (χ2v) is 7.97. The van der Waals surface area contributed by atoms with E-state index in [9.17, 15) is 0 Å². The smallest absolute Gasteiger partial charge is 0.0352 e. The van der Waals surface area contributed by atoms with E-state index in [4.69, 9.17) is 5.73 Å². The van der Waals surface area contributed by atoms with Crippen molar-refractivity contribution in [3.63, 3.8) is 0 Å². The lowest BCUT2D eigenvalue weighted by Crippen LogP contribution is -2.08. The first kappa shape index (κ1) is 16.9. The molecule has 0 saturated heterocycles. The van der Waals surface area contributed by atoms with Crippen molar-refractivity contribution in [2.75, 3.05) is 5.73 Å². The van der Waals surface area contributed by atoms with Crippen LogP contribution < -0.4 is 5.73 Å². The Kier molecular flexibility index (Phi) is 6.42. The van der Waals surface area contributed by atoms with Crippen LogP contribution in [0.25, 0.3) is 0 Å². The Bertz CT molecular complexity index is 463. The molecule has 2 fully saturated rings. The molecule has 0 radical (unpaired) electrons. The summed E-state index contributed by atoms with van der Waals surface area (Å²) >= 11 is 0. The largest absolute Gasteiger partial charge is 0.398 e. The molecule has 1 aromatic rings. The average Bonchev–Trinajstić information content (AvgIpc) is 2.47. The molecule has 128 valence electrons. The van der Waals surface area contributed by atoms with E-state index in [2.05, 4.69) is 18.2 Å². The number of nitrogen functional groups attached to an aromatic ring is 1. The molecule has 0 heterocycles. The summed E-state index contributed by atoms with van der Waals surface area (Å²) in [5.41, 5.74) is 10.6. The van der Waals surface area contributed by atoms with Gasteiger partial charge in [-0.1, -0.05) is 76.3 Å². The van der Waals surface area contributed by atoms with Gasteiger partial charge in [-0.05, 0) is 54.7 Å².